The maximum Gasteiger partial charge on any atom is 0.271 e. The molecule has 0 aliphatic carbocycles. The fourth-order valence-electron chi connectivity index (χ4n) is 2.35. The number of aliphatic hydroxyl groups excluding tert-OH is 1. The first-order valence-corrected chi connectivity index (χ1v) is 8.45. The van der Waals surface area contributed by atoms with Gasteiger partial charge in [-0.25, -0.2) is 4.98 Å². The van der Waals surface area contributed by atoms with Gasteiger partial charge in [-0.3, -0.25) is 14.0 Å². The van der Waals surface area contributed by atoms with E-state index in [0.717, 1.165) is 16.8 Å². The molecule has 3 aromatic rings. The number of aromatic nitrogens is 2. The number of amides is 1. The molecule has 2 heterocycles. The second kappa shape index (κ2) is 6.94. The van der Waals surface area contributed by atoms with Crippen molar-refractivity contribution in [2.75, 3.05) is 13.2 Å². The van der Waals surface area contributed by atoms with E-state index in [-0.39, 0.29) is 12.2 Å². The second-order valence-electron chi connectivity index (χ2n) is 5.42. The minimum absolute atomic E-state index is 0.00259. The number of thiazole rings is 1. The standard InChI is InChI=1S/C17H17N3O3S/c1-11-3-5-12(6-4-11)14-10-24-17-19-9-13(16(23)20(14)17)15(22)18-7-2-8-21/h3-6,9-10,21H,2,7-8H2,1H3,(H,18,22). The molecule has 24 heavy (non-hydrogen) atoms. The van der Waals surface area contributed by atoms with E-state index in [9.17, 15) is 9.59 Å². The van der Waals surface area contributed by atoms with Gasteiger partial charge in [0.05, 0.1) is 5.69 Å². The molecule has 0 atom stereocenters. The molecule has 2 N–H and O–H groups in total. The first-order chi connectivity index (χ1) is 11.6. The van der Waals surface area contributed by atoms with Crippen molar-refractivity contribution in [3.05, 3.63) is 57.3 Å². The summed E-state index contributed by atoms with van der Waals surface area (Å²) >= 11 is 1.36. The maximum atomic E-state index is 12.7. The molecule has 0 aliphatic heterocycles. The highest BCUT2D eigenvalue weighted by atomic mass is 32.1. The minimum Gasteiger partial charge on any atom is -0.396 e. The third-order valence-electron chi connectivity index (χ3n) is 3.66. The van der Waals surface area contributed by atoms with Crippen molar-refractivity contribution >= 4 is 22.2 Å². The molecule has 0 saturated carbocycles. The molecule has 1 amide bonds. The molecule has 0 unspecified atom stereocenters. The van der Waals surface area contributed by atoms with Gasteiger partial charge in [-0.1, -0.05) is 29.8 Å². The van der Waals surface area contributed by atoms with Gasteiger partial charge in [-0.15, -0.1) is 11.3 Å². The van der Waals surface area contributed by atoms with E-state index in [2.05, 4.69) is 10.3 Å². The highest BCUT2D eigenvalue weighted by molar-refractivity contribution is 7.15. The number of nitrogens with one attached hydrogen (secondary N) is 1. The molecule has 0 saturated heterocycles. The zero-order valence-electron chi connectivity index (χ0n) is 13.2. The Balaban J connectivity index is 2.04. The molecule has 7 heteroatoms. The second-order valence-corrected chi connectivity index (χ2v) is 6.25. The average Bonchev–Trinajstić information content (AvgIpc) is 3.01. The molecule has 0 bridgehead atoms. The molecule has 1 aromatic carbocycles. The van der Waals surface area contributed by atoms with Crippen LogP contribution in [0.1, 0.15) is 22.3 Å². The van der Waals surface area contributed by atoms with Crippen LogP contribution in [0, 0.1) is 6.92 Å². The monoisotopic (exact) mass is 343 g/mol. The number of carbonyl (C=O) groups is 1. The van der Waals surface area contributed by atoms with Crippen LogP contribution in [0.2, 0.25) is 0 Å². The maximum absolute atomic E-state index is 12.7. The van der Waals surface area contributed by atoms with Crippen LogP contribution >= 0.6 is 11.3 Å². The van der Waals surface area contributed by atoms with Gasteiger partial charge in [0, 0.05) is 24.7 Å². The summed E-state index contributed by atoms with van der Waals surface area (Å²) < 4.78 is 1.47. The van der Waals surface area contributed by atoms with E-state index < -0.39 is 11.5 Å². The fraction of sp³-hybridized carbons (Fsp3) is 0.235. The summed E-state index contributed by atoms with van der Waals surface area (Å²) in [6, 6.07) is 7.83. The van der Waals surface area contributed by atoms with Crippen LogP contribution in [0.15, 0.2) is 40.6 Å². The van der Waals surface area contributed by atoms with Gasteiger partial charge >= 0.3 is 0 Å². The van der Waals surface area contributed by atoms with Gasteiger partial charge in [0.25, 0.3) is 11.5 Å². The Kier molecular flexibility index (Phi) is 4.73. The fourth-order valence-corrected chi connectivity index (χ4v) is 3.21. The largest absolute Gasteiger partial charge is 0.396 e. The van der Waals surface area contributed by atoms with Gasteiger partial charge in [-0.05, 0) is 18.9 Å². The third kappa shape index (κ3) is 3.08. The number of carbonyl (C=O) groups excluding carboxylic acids is 1. The van der Waals surface area contributed by atoms with Crippen LogP contribution in [-0.4, -0.2) is 33.6 Å². The summed E-state index contributed by atoms with van der Waals surface area (Å²) in [6.07, 6.45) is 1.75. The summed E-state index contributed by atoms with van der Waals surface area (Å²) in [5.74, 6) is -0.476. The zero-order valence-corrected chi connectivity index (χ0v) is 14.0. The van der Waals surface area contributed by atoms with Gasteiger partial charge in [0.2, 0.25) is 0 Å². The number of nitrogens with zero attached hydrogens (tertiary/aromatic N) is 2. The van der Waals surface area contributed by atoms with E-state index >= 15 is 0 Å². The van der Waals surface area contributed by atoms with Crippen LogP contribution in [0.5, 0.6) is 0 Å². The number of aliphatic hydroxyl groups is 1. The number of hydrogen-bond donors (Lipinski definition) is 2. The Morgan fingerprint density at radius 1 is 1.33 bits per heavy atom. The van der Waals surface area contributed by atoms with Crippen molar-refractivity contribution in [1.82, 2.24) is 14.7 Å². The zero-order chi connectivity index (χ0) is 17.1. The Labute approximate surface area is 142 Å². The summed E-state index contributed by atoms with van der Waals surface area (Å²) in [7, 11) is 0. The minimum atomic E-state index is -0.476. The molecule has 0 radical (unpaired) electrons. The summed E-state index contributed by atoms with van der Waals surface area (Å²) in [4.78, 5) is 29.7. The van der Waals surface area contributed by atoms with Crippen LogP contribution in [-0.2, 0) is 0 Å². The van der Waals surface area contributed by atoms with Crippen LogP contribution in [0.4, 0.5) is 0 Å². The smallest absolute Gasteiger partial charge is 0.271 e. The first kappa shape index (κ1) is 16.4. The summed E-state index contributed by atoms with van der Waals surface area (Å²) in [5.41, 5.74) is 2.36. The number of benzene rings is 1. The van der Waals surface area contributed by atoms with Crippen molar-refractivity contribution in [3.8, 4) is 11.3 Å². The van der Waals surface area contributed by atoms with E-state index in [1.807, 2.05) is 36.6 Å². The SMILES string of the molecule is Cc1ccc(-c2csc3ncc(C(=O)NCCCO)c(=O)n23)cc1. The van der Waals surface area contributed by atoms with E-state index in [1.165, 1.54) is 21.9 Å². The average molecular weight is 343 g/mol. The molecule has 0 spiro atoms. The molecule has 6 nitrogen and oxygen atoms in total. The number of aryl methyl sites for hydroxylation is 1. The Morgan fingerprint density at radius 3 is 2.79 bits per heavy atom. The van der Waals surface area contributed by atoms with E-state index in [1.54, 1.807) is 0 Å². The van der Waals surface area contributed by atoms with Crippen LogP contribution < -0.4 is 10.9 Å². The lowest BCUT2D eigenvalue weighted by Gasteiger charge is -2.06. The first-order valence-electron chi connectivity index (χ1n) is 7.57. The highest BCUT2D eigenvalue weighted by Crippen LogP contribution is 2.24. The van der Waals surface area contributed by atoms with Gasteiger partial charge in [0.1, 0.15) is 5.56 Å². The van der Waals surface area contributed by atoms with Crippen molar-refractivity contribution in [3.63, 3.8) is 0 Å². The Bertz CT molecular complexity index is 928. The lowest BCUT2D eigenvalue weighted by Crippen LogP contribution is -2.32. The lowest BCUT2D eigenvalue weighted by atomic mass is 10.1. The molecule has 0 fully saturated rings. The van der Waals surface area contributed by atoms with Crippen LogP contribution in [0.25, 0.3) is 16.2 Å². The van der Waals surface area contributed by atoms with Crippen molar-refractivity contribution in [1.29, 1.82) is 0 Å². The van der Waals surface area contributed by atoms with Gasteiger partial charge in [0.15, 0.2) is 4.96 Å². The highest BCUT2D eigenvalue weighted by Gasteiger charge is 2.16. The Hall–Kier alpha value is -2.51. The van der Waals surface area contributed by atoms with Gasteiger partial charge in [-0.2, -0.15) is 0 Å². The lowest BCUT2D eigenvalue weighted by molar-refractivity contribution is 0.0949. The summed E-state index contributed by atoms with van der Waals surface area (Å²) in [6.45, 7) is 2.29. The van der Waals surface area contributed by atoms with Crippen molar-refractivity contribution in [2.24, 2.45) is 0 Å². The van der Waals surface area contributed by atoms with Gasteiger partial charge < -0.3 is 10.4 Å². The number of hydrogen-bond acceptors (Lipinski definition) is 5. The molecular weight excluding hydrogens is 326 g/mol. The molecule has 3 rings (SSSR count). The third-order valence-corrected chi connectivity index (χ3v) is 4.50. The van der Waals surface area contributed by atoms with Crippen molar-refractivity contribution in [2.45, 2.75) is 13.3 Å². The Morgan fingerprint density at radius 2 is 2.08 bits per heavy atom. The topological polar surface area (TPSA) is 83.7 Å². The normalized spacial score (nSPS) is 10.9. The summed E-state index contributed by atoms with van der Waals surface area (Å²) in [5, 5.41) is 13.3. The van der Waals surface area contributed by atoms with Crippen LogP contribution in [0.3, 0.4) is 0 Å². The van der Waals surface area contributed by atoms with E-state index in [0.29, 0.717) is 17.9 Å². The predicted molar refractivity (Wildman–Crippen MR) is 93.5 cm³/mol. The molecular formula is C17H17N3O3S. The number of fused-ring (bicyclic) bond motifs is 1. The molecule has 124 valence electrons. The molecule has 0 aliphatic rings. The number of rotatable bonds is 5. The van der Waals surface area contributed by atoms with Crippen molar-refractivity contribution < 1.29 is 9.90 Å². The quantitative estimate of drug-likeness (QED) is 0.693. The predicted octanol–water partition coefficient (Wildman–Crippen LogP) is 1.84. The molecule has 2 aromatic heterocycles. The van der Waals surface area contributed by atoms with E-state index in [4.69, 9.17) is 5.11 Å².